The van der Waals surface area contributed by atoms with Gasteiger partial charge in [-0.1, -0.05) is 12.1 Å². The molecule has 0 saturated heterocycles. The molecular formula is C21H19F3N2O3. The number of methoxy groups -OCH3 is 1. The third-order valence-electron chi connectivity index (χ3n) is 4.31. The van der Waals surface area contributed by atoms with Crippen LogP contribution in [0.25, 0.3) is 6.08 Å². The van der Waals surface area contributed by atoms with Crippen LogP contribution in [0.5, 0.6) is 5.75 Å². The van der Waals surface area contributed by atoms with Gasteiger partial charge < -0.3 is 15.4 Å². The van der Waals surface area contributed by atoms with Crippen molar-refractivity contribution < 1.29 is 27.5 Å². The first-order valence-corrected chi connectivity index (χ1v) is 8.91. The van der Waals surface area contributed by atoms with Crippen molar-refractivity contribution in [3.05, 3.63) is 65.2 Å². The molecule has 0 aromatic heterocycles. The number of carbonyl (C=O) groups is 2. The van der Waals surface area contributed by atoms with Gasteiger partial charge in [-0.2, -0.15) is 13.2 Å². The molecule has 0 atom stereocenters. The van der Waals surface area contributed by atoms with E-state index in [4.69, 9.17) is 4.74 Å². The zero-order valence-electron chi connectivity index (χ0n) is 15.5. The molecule has 0 bridgehead atoms. The molecule has 5 nitrogen and oxygen atoms in total. The highest BCUT2D eigenvalue weighted by atomic mass is 19.4. The van der Waals surface area contributed by atoms with Crippen LogP contribution in [0, 0.1) is 0 Å². The largest absolute Gasteiger partial charge is 0.497 e. The summed E-state index contributed by atoms with van der Waals surface area (Å²) in [4.78, 5) is 24.7. The van der Waals surface area contributed by atoms with E-state index in [0.717, 1.165) is 25.0 Å². The zero-order chi connectivity index (χ0) is 21.0. The Hall–Kier alpha value is -3.29. The minimum absolute atomic E-state index is 0.150. The Bertz CT molecular complexity index is 933. The van der Waals surface area contributed by atoms with Gasteiger partial charge in [0.25, 0.3) is 5.91 Å². The van der Waals surface area contributed by atoms with E-state index in [1.165, 1.54) is 37.5 Å². The Morgan fingerprint density at radius 3 is 2.38 bits per heavy atom. The normalized spacial score (nSPS) is 13.9. The van der Waals surface area contributed by atoms with E-state index in [-0.39, 0.29) is 17.5 Å². The fraction of sp³-hybridized carbons (Fsp3) is 0.238. The smallest absolute Gasteiger partial charge is 0.416 e. The number of ether oxygens (including phenoxy) is 1. The van der Waals surface area contributed by atoms with E-state index < -0.39 is 17.6 Å². The first kappa shape index (κ1) is 20.4. The number of benzene rings is 2. The van der Waals surface area contributed by atoms with Crippen LogP contribution in [0.1, 0.15) is 34.3 Å². The number of halogens is 3. The van der Waals surface area contributed by atoms with Crippen molar-refractivity contribution >= 4 is 23.6 Å². The van der Waals surface area contributed by atoms with E-state index in [0.29, 0.717) is 17.0 Å². The predicted octanol–water partition coefficient (Wildman–Crippen LogP) is 4.26. The van der Waals surface area contributed by atoms with E-state index in [2.05, 4.69) is 10.6 Å². The van der Waals surface area contributed by atoms with Crippen molar-refractivity contribution in [2.24, 2.45) is 0 Å². The van der Waals surface area contributed by atoms with Crippen LogP contribution in [-0.4, -0.2) is 25.0 Å². The first-order valence-electron chi connectivity index (χ1n) is 8.91. The van der Waals surface area contributed by atoms with Crippen LogP contribution >= 0.6 is 0 Å². The standard InChI is InChI=1S/C21H19F3N2O3/c1-29-16-9-10-18(17(12-16)20(28)25-15-7-8-15)26-19(27)11-4-13-2-5-14(6-3-13)21(22,23)24/h2-6,9-12,15H,7-8H2,1H3,(H,25,28)(H,26,27)/b11-4+. The predicted molar refractivity (Wildman–Crippen MR) is 103 cm³/mol. The average Bonchev–Trinajstić information content (AvgIpc) is 3.50. The maximum atomic E-state index is 12.6. The van der Waals surface area contributed by atoms with Gasteiger partial charge in [0.05, 0.1) is 23.9 Å². The number of amides is 2. The lowest BCUT2D eigenvalue weighted by Gasteiger charge is -2.12. The first-order chi connectivity index (χ1) is 13.8. The van der Waals surface area contributed by atoms with Gasteiger partial charge in [0.15, 0.2) is 0 Å². The molecule has 29 heavy (non-hydrogen) atoms. The van der Waals surface area contributed by atoms with Gasteiger partial charge >= 0.3 is 6.18 Å². The lowest BCUT2D eigenvalue weighted by Crippen LogP contribution is -2.26. The fourth-order valence-electron chi connectivity index (χ4n) is 2.57. The van der Waals surface area contributed by atoms with E-state index >= 15 is 0 Å². The highest BCUT2D eigenvalue weighted by molar-refractivity contribution is 6.08. The molecule has 2 aromatic carbocycles. The lowest BCUT2D eigenvalue weighted by molar-refractivity contribution is -0.137. The molecule has 8 heteroatoms. The Morgan fingerprint density at radius 1 is 1.10 bits per heavy atom. The Morgan fingerprint density at radius 2 is 1.79 bits per heavy atom. The van der Waals surface area contributed by atoms with E-state index in [9.17, 15) is 22.8 Å². The number of hydrogen-bond acceptors (Lipinski definition) is 3. The molecule has 1 saturated carbocycles. The maximum absolute atomic E-state index is 12.6. The molecule has 1 aliphatic rings. The van der Waals surface area contributed by atoms with E-state index in [1.807, 2.05) is 0 Å². The van der Waals surface area contributed by atoms with Gasteiger partial charge in [0.2, 0.25) is 5.91 Å². The second kappa shape index (κ2) is 8.38. The summed E-state index contributed by atoms with van der Waals surface area (Å²) < 4.78 is 42.9. The molecule has 2 amide bonds. The van der Waals surface area contributed by atoms with E-state index in [1.54, 1.807) is 12.1 Å². The fourth-order valence-corrected chi connectivity index (χ4v) is 2.57. The maximum Gasteiger partial charge on any atom is 0.416 e. The van der Waals surface area contributed by atoms with Gasteiger partial charge in [0, 0.05) is 12.1 Å². The molecule has 0 radical (unpaired) electrons. The molecule has 0 heterocycles. The van der Waals surface area contributed by atoms with Gasteiger partial charge in [-0.3, -0.25) is 9.59 Å². The summed E-state index contributed by atoms with van der Waals surface area (Å²) >= 11 is 0. The Balaban J connectivity index is 1.71. The molecular weight excluding hydrogens is 385 g/mol. The number of anilines is 1. The minimum Gasteiger partial charge on any atom is -0.497 e. The van der Waals surface area contributed by atoms with Crippen molar-refractivity contribution in [3.8, 4) is 5.75 Å². The summed E-state index contributed by atoms with van der Waals surface area (Å²) in [7, 11) is 1.48. The summed E-state index contributed by atoms with van der Waals surface area (Å²) in [5.41, 5.74) is 0.261. The van der Waals surface area contributed by atoms with Crippen LogP contribution < -0.4 is 15.4 Å². The Kier molecular flexibility index (Phi) is 5.91. The van der Waals surface area contributed by atoms with Gasteiger partial charge in [-0.15, -0.1) is 0 Å². The molecule has 1 fully saturated rings. The van der Waals surface area contributed by atoms with Gasteiger partial charge in [0.1, 0.15) is 5.75 Å². The summed E-state index contributed by atoms with van der Waals surface area (Å²) in [6.07, 6.45) is 0.0182. The average molecular weight is 404 g/mol. The second-order valence-corrected chi connectivity index (χ2v) is 6.60. The molecule has 0 aliphatic heterocycles. The molecule has 3 rings (SSSR count). The molecule has 1 aliphatic carbocycles. The number of rotatable bonds is 6. The third-order valence-corrected chi connectivity index (χ3v) is 4.31. The zero-order valence-corrected chi connectivity index (χ0v) is 15.5. The summed E-state index contributed by atoms with van der Waals surface area (Å²) in [5.74, 6) is -0.354. The summed E-state index contributed by atoms with van der Waals surface area (Å²) in [6, 6.07) is 9.29. The van der Waals surface area contributed by atoms with Crippen LogP contribution in [0.2, 0.25) is 0 Å². The highest BCUT2D eigenvalue weighted by Gasteiger charge is 2.29. The van der Waals surface area contributed by atoms with Crippen molar-refractivity contribution in [2.75, 3.05) is 12.4 Å². The summed E-state index contributed by atoms with van der Waals surface area (Å²) in [5, 5.41) is 5.47. The minimum atomic E-state index is -4.41. The topological polar surface area (TPSA) is 67.4 Å². The van der Waals surface area contributed by atoms with Gasteiger partial charge in [-0.05, 0) is 54.8 Å². The highest BCUT2D eigenvalue weighted by Crippen LogP contribution is 2.29. The van der Waals surface area contributed by atoms with Crippen LogP contribution in [0.15, 0.2) is 48.5 Å². The lowest BCUT2D eigenvalue weighted by atomic mass is 10.1. The number of alkyl halides is 3. The molecule has 2 aromatic rings. The van der Waals surface area contributed by atoms with Crippen molar-refractivity contribution in [1.82, 2.24) is 5.32 Å². The quantitative estimate of drug-likeness (QED) is 0.707. The van der Waals surface area contributed by atoms with Crippen LogP contribution in [0.3, 0.4) is 0 Å². The van der Waals surface area contributed by atoms with Crippen molar-refractivity contribution in [3.63, 3.8) is 0 Å². The van der Waals surface area contributed by atoms with Crippen LogP contribution in [0.4, 0.5) is 18.9 Å². The number of nitrogens with one attached hydrogen (secondary N) is 2. The monoisotopic (exact) mass is 404 g/mol. The van der Waals surface area contributed by atoms with Gasteiger partial charge in [-0.25, -0.2) is 0 Å². The van der Waals surface area contributed by atoms with Crippen molar-refractivity contribution in [2.45, 2.75) is 25.1 Å². The second-order valence-electron chi connectivity index (χ2n) is 6.60. The molecule has 2 N–H and O–H groups in total. The third kappa shape index (κ3) is 5.60. The molecule has 152 valence electrons. The molecule has 0 unspecified atom stereocenters. The van der Waals surface area contributed by atoms with Crippen molar-refractivity contribution in [1.29, 1.82) is 0 Å². The van der Waals surface area contributed by atoms with Crippen LogP contribution in [-0.2, 0) is 11.0 Å². The summed E-state index contributed by atoms with van der Waals surface area (Å²) in [6.45, 7) is 0. The Labute approximate surface area is 165 Å². The number of hydrogen-bond donors (Lipinski definition) is 2. The number of carbonyl (C=O) groups excluding carboxylic acids is 2. The molecule has 0 spiro atoms. The SMILES string of the molecule is COc1ccc(NC(=O)/C=C/c2ccc(C(F)(F)F)cc2)c(C(=O)NC2CC2)c1.